The minimum atomic E-state index is -1.13. The van der Waals surface area contributed by atoms with Crippen molar-refractivity contribution < 1.29 is 38.2 Å². The van der Waals surface area contributed by atoms with Gasteiger partial charge in [0.2, 0.25) is 0 Å². The number of carboxylic acid groups (broad SMARTS) is 1. The van der Waals surface area contributed by atoms with E-state index in [2.05, 4.69) is 74.6 Å². The molecule has 0 radical (unpaired) electrons. The molecule has 0 fully saturated rings. The van der Waals surface area contributed by atoms with Crippen LogP contribution in [0.15, 0.2) is 60.8 Å². The number of aliphatic carboxylic acids is 1. The van der Waals surface area contributed by atoms with Crippen molar-refractivity contribution in [1.29, 1.82) is 0 Å². The van der Waals surface area contributed by atoms with Crippen molar-refractivity contribution in [3.8, 4) is 0 Å². The zero-order valence-corrected chi connectivity index (χ0v) is 41.5. The predicted molar refractivity (Wildman–Crippen MR) is 263 cm³/mol. The van der Waals surface area contributed by atoms with E-state index in [-0.39, 0.29) is 42.7 Å². The summed E-state index contributed by atoms with van der Waals surface area (Å²) in [7, 11) is 5.40. The van der Waals surface area contributed by atoms with Crippen LogP contribution in [-0.4, -0.2) is 75.5 Å². The van der Waals surface area contributed by atoms with Crippen molar-refractivity contribution in [1.82, 2.24) is 0 Å². The van der Waals surface area contributed by atoms with Gasteiger partial charge in [0.25, 0.3) is 0 Å². The quantitative estimate of drug-likeness (QED) is 0.0197. The summed E-state index contributed by atoms with van der Waals surface area (Å²) in [6, 6.07) is -0.734. The molecule has 0 aromatic rings. The fourth-order valence-corrected chi connectivity index (χ4v) is 7.43. The second-order valence-corrected chi connectivity index (χ2v) is 18.5. The summed E-state index contributed by atoms with van der Waals surface area (Å²) in [6.45, 7) is 4.61. The average Bonchev–Trinajstić information content (AvgIpc) is 3.24. The third-order valence-electron chi connectivity index (χ3n) is 11.5. The van der Waals surface area contributed by atoms with Crippen molar-refractivity contribution in [3.63, 3.8) is 0 Å². The largest absolute Gasteiger partial charge is 0.544 e. The highest BCUT2D eigenvalue weighted by Crippen LogP contribution is 2.15. The van der Waals surface area contributed by atoms with Gasteiger partial charge in [0, 0.05) is 19.3 Å². The maximum atomic E-state index is 12.8. The molecule has 0 aromatic carbocycles. The van der Waals surface area contributed by atoms with Gasteiger partial charge in [0.05, 0.1) is 40.3 Å². The van der Waals surface area contributed by atoms with Crippen LogP contribution in [-0.2, 0) is 28.6 Å². The monoisotopic (exact) mass is 884 g/mol. The number of carbonyl (C=O) groups is 3. The number of quaternary nitrogens is 1. The van der Waals surface area contributed by atoms with Gasteiger partial charge >= 0.3 is 11.9 Å². The van der Waals surface area contributed by atoms with E-state index in [0.717, 1.165) is 64.2 Å². The normalized spacial score (nSPS) is 13.3. The van der Waals surface area contributed by atoms with Gasteiger partial charge in [-0.15, -0.1) is 0 Å². The van der Waals surface area contributed by atoms with E-state index in [1.807, 2.05) is 0 Å². The van der Waals surface area contributed by atoms with Gasteiger partial charge in [-0.05, 0) is 64.2 Å². The van der Waals surface area contributed by atoms with Crippen LogP contribution in [0.1, 0.15) is 219 Å². The van der Waals surface area contributed by atoms with Crippen LogP contribution >= 0.6 is 0 Å². The number of allylic oxidation sites excluding steroid dienone is 10. The standard InChI is InChI=1S/C55H97NO7/c1-6-8-10-12-14-16-18-20-22-24-26-27-28-30-31-33-35-37-39-41-43-45-53(57)62-50-51(49-61-48-47-52(55(59)60)56(3,4)5)63-54(58)46-44-42-40-38-36-34-32-29-25-23-21-19-17-15-13-11-9-7-2/h15,17,19,21,23,25,27-29,32,51-52H,6-14,16,18,20,22,24,26,30-31,33-50H2,1-5H3/b17-15+,21-19+,25-23+,28-27+,32-29+. The highest BCUT2D eigenvalue weighted by molar-refractivity contribution is 5.70. The molecule has 0 aliphatic rings. The van der Waals surface area contributed by atoms with Gasteiger partial charge in [-0.3, -0.25) is 9.59 Å². The Morgan fingerprint density at radius 1 is 0.476 bits per heavy atom. The SMILES string of the molecule is CCCCC/C=C/C=C/C=C/C=C/CCCCCCCC(=O)OC(COCCC(C(=O)[O-])[N+](C)(C)C)COC(=O)CCCCCCCCC/C=C/CCCCCCCCCCCC. The molecule has 0 rings (SSSR count). The van der Waals surface area contributed by atoms with Gasteiger partial charge in [0.15, 0.2) is 6.10 Å². The first-order valence-electron chi connectivity index (χ1n) is 25.9. The van der Waals surface area contributed by atoms with Crippen molar-refractivity contribution in [2.24, 2.45) is 0 Å². The Hall–Kier alpha value is -2.97. The van der Waals surface area contributed by atoms with Gasteiger partial charge in [-0.1, -0.05) is 197 Å². The molecule has 0 aromatic heterocycles. The topological polar surface area (TPSA) is 102 Å². The number of rotatable bonds is 46. The third kappa shape index (κ3) is 44.0. The summed E-state index contributed by atoms with van der Waals surface area (Å²) in [5.41, 5.74) is 0. The number of hydrogen-bond donors (Lipinski definition) is 0. The Morgan fingerprint density at radius 3 is 1.32 bits per heavy atom. The average molecular weight is 884 g/mol. The highest BCUT2D eigenvalue weighted by Gasteiger charge is 2.25. The lowest BCUT2D eigenvalue weighted by Crippen LogP contribution is -2.55. The predicted octanol–water partition coefficient (Wildman–Crippen LogP) is 13.6. The molecular weight excluding hydrogens is 787 g/mol. The number of carboxylic acids is 1. The number of nitrogens with zero attached hydrogens (tertiary/aromatic N) is 1. The van der Waals surface area contributed by atoms with Crippen LogP contribution in [0.25, 0.3) is 0 Å². The fraction of sp³-hybridized carbons (Fsp3) is 0.764. The number of likely N-dealkylation sites (N-methyl/N-ethyl adjacent to an activating group) is 1. The smallest absolute Gasteiger partial charge is 0.306 e. The summed E-state index contributed by atoms with van der Waals surface area (Å²) >= 11 is 0. The molecule has 0 heterocycles. The molecule has 2 unspecified atom stereocenters. The molecular formula is C55H97NO7. The second-order valence-electron chi connectivity index (χ2n) is 18.5. The first-order valence-corrected chi connectivity index (χ1v) is 25.9. The van der Waals surface area contributed by atoms with Gasteiger partial charge < -0.3 is 28.6 Å². The Labute approximate surface area is 388 Å². The zero-order chi connectivity index (χ0) is 46.3. The Kier molecular flexibility index (Phi) is 43.4. The number of carbonyl (C=O) groups excluding carboxylic acids is 3. The van der Waals surface area contributed by atoms with Crippen LogP contribution in [0, 0.1) is 0 Å². The van der Waals surface area contributed by atoms with E-state index in [0.29, 0.717) is 12.8 Å². The van der Waals surface area contributed by atoms with Crippen LogP contribution in [0.3, 0.4) is 0 Å². The Bertz CT molecular complexity index is 1210. The van der Waals surface area contributed by atoms with Gasteiger partial charge in [0.1, 0.15) is 12.6 Å². The van der Waals surface area contributed by atoms with E-state index in [9.17, 15) is 19.5 Å². The Balaban J connectivity index is 4.29. The number of unbranched alkanes of at least 4 members (excludes halogenated alkanes) is 25. The summed E-state index contributed by atoms with van der Waals surface area (Å²) < 4.78 is 17.2. The lowest BCUT2D eigenvalue weighted by atomic mass is 10.1. The molecule has 0 N–H and O–H groups in total. The second kappa shape index (κ2) is 45.6. The molecule has 63 heavy (non-hydrogen) atoms. The van der Waals surface area contributed by atoms with Crippen LogP contribution in [0.2, 0.25) is 0 Å². The van der Waals surface area contributed by atoms with E-state index in [1.165, 1.54) is 122 Å². The van der Waals surface area contributed by atoms with E-state index < -0.39 is 18.1 Å². The maximum absolute atomic E-state index is 12.8. The van der Waals surface area contributed by atoms with Crippen molar-refractivity contribution in [2.45, 2.75) is 231 Å². The van der Waals surface area contributed by atoms with E-state index >= 15 is 0 Å². The lowest BCUT2D eigenvalue weighted by molar-refractivity contribution is -0.889. The van der Waals surface area contributed by atoms with E-state index in [1.54, 1.807) is 21.1 Å². The lowest BCUT2D eigenvalue weighted by Gasteiger charge is -2.34. The van der Waals surface area contributed by atoms with Crippen molar-refractivity contribution in [3.05, 3.63) is 60.8 Å². The molecule has 8 nitrogen and oxygen atoms in total. The van der Waals surface area contributed by atoms with E-state index in [4.69, 9.17) is 14.2 Å². The first-order chi connectivity index (χ1) is 30.6. The summed E-state index contributed by atoms with van der Waals surface area (Å²) in [6.07, 6.45) is 56.7. The summed E-state index contributed by atoms with van der Waals surface area (Å²) in [5.74, 6) is -1.77. The fourth-order valence-electron chi connectivity index (χ4n) is 7.43. The Morgan fingerprint density at radius 2 is 0.857 bits per heavy atom. The van der Waals surface area contributed by atoms with Gasteiger partial charge in [-0.2, -0.15) is 0 Å². The molecule has 0 aliphatic heterocycles. The van der Waals surface area contributed by atoms with Crippen molar-refractivity contribution in [2.75, 3.05) is 41.0 Å². The molecule has 364 valence electrons. The third-order valence-corrected chi connectivity index (χ3v) is 11.5. The number of ether oxygens (including phenoxy) is 3. The van der Waals surface area contributed by atoms with Crippen molar-refractivity contribution >= 4 is 17.9 Å². The molecule has 0 bridgehead atoms. The zero-order valence-electron chi connectivity index (χ0n) is 41.5. The maximum Gasteiger partial charge on any atom is 0.306 e. The first kappa shape index (κ1) is 60.0. The van der Waals surface area contributed by atoms with Crippen LogP contribution < -0.4 is 5.11 Å². The molecule has 0 spiro atoms. The highest BCUT2D eigenvalue weighted by atomic mass is 16.6. The molecule has 8 heteroatoms. The van der Waals surface area contributed by atoms with Crippen LogP contribution in [0.4, 0.5) is 0 Å². The molecule has 0 amide bonds. The summed E-state index contributed by atoms with van der Waals surface area (Å²) in [4.78, 5) is 37.0. The molecule has 0 saturated heterocycles. The minimum Gasteiger partial charge on any atom is -0.544 e. The minimum absolute atomic E-state index is 0.0280. The number of esters is 2. The molecule has 2 atom stereocenters. The van der Waals surface area contributed by atoms with Gasteiger partial charge in [-0.25, -0.2) is 0 Å². The van der Waals surface area contributed by atoms with Crippen LogP contribution in [0.5, 0.6) is 0 Å². The number of hydrogen-bond acceptors (Lipinski definition) is 7. The molecule has 0 saturated carbocycles. The molecule has 0 aliphatic carbocycles. The summed E-state index contributed by atoms with van der Waals surface area (Å²) in [5, 5.41) is 11.7.